The standard InChI is InChI=1S/C17H23NO2/c1-12-3-4-16-14(9-12)11-17(20-16)15(18-2)10-13-5-7-19-8-6-13/h3-4,9,11,13,15,18H,5-8,10H2,1-2H3. The zero-order valence-electron chi connectivity index (χ0n) is 12.3. The molecule has 0 radical (unpaired) electrons. The predicted molar refractivity (Wildman–Crippen MR) is 80.9 cm³/mol. The van der Waals surface area contributed by atoms with Crippen molar-refractivity contribution >= 4 is 11.0 Å². The first kappa shape index (κ1) is 13.7. The van der Waals surface area contributed by atoms with Crippen LogP contribution in [0.3, 0.4) is 0 Å². The number of hydrogen-bond acceptors (Lipinski definition) is 3. The predicted octanol–water partition coefficient (Wildman–Crippen LogP) is 3.82. The van der Waals surface area contributed by atoms with Gasteiger partial charge in [-0.2, -0.15) is 0 Å². The molecule has 1 aromatic heterocycles. The van der Waals surface area contributed by atoms with E-state index >= 15 is 0 Å². The Morgan fingerprint density at radius 2 is 2.05 bits per heavy atom. The van der Waals surface area contributed by atoms with Gasteiger partial charge in [0.2, 0.25) is 0 Å². The lowest BCUT2D eigenvalue weighted by Gasteiger charge is -2.25. The molecule has 1 atom stereocenters. The van der Waals surface area contributed by atoms with E-state index in [0.29, 0.717) is 6.04 Å². The molecule has 0 saturated carbocycles. The molecule has 1 aromatic carbocycles. The Morgan fingerprint density at radius 3 is 2.80 bits per heavy atom. The molecule has 0 aliphatic carbocycles. The minimum atomic E-state index is 0.297. The van der Waals surface area contributed by atoms with Crippen molar-refractivity contribution in [3.63, 3.8) is 0 Å². The van der Waals surface area contributed by atoms with E-state index in [0.717, 1.165) is 49.7 Å². The zero-order valence-corrected chi connectivity index (χ0v) is 12.3. The Hall–Kier alpha value is -1.32. The van der Waals surface area contributed by atoms with E-state index in [1.807, 2.05) is 7.05 Å². The molecule has 108 valence electrons. The largest absolute Gasteiger partial charge is 0.459 e. The number of rotatable bonds is 4. The summed E-state index contributed by atoms with van der Waals surface area (Å²) in [5.74, 6) is 1.79. The van der Waals surface area contributed by atoms with Crippen molar-refractivity contribution in [2.24, 2.45) is 5.92 Å². The minimum absolute atomic E-state index is 0.297. The lowest BCUT2D eigenvalue weighted by atomic mass is 9.91. The van der Waals surface area contributed by atoms with Crippen LogP contribution in [0.2, 0.25) is 0 Å². The molecular weight excluding hydrogens is 250 g/mol. The van der Waals surface area contributed by atoms with E-state index < -0.39 is 0 Å². The molecule has 2 aromatic rings. The summed E-state index contributed by atoms with van der Waals surface area (Å²) >= 11 is 0. The Morgan fingerprint density at radius 1 is 1.25 bits per heavy atom. The van der Waals surface area contributed by atoms with Crippen LogP contribution in [0.25, 0.3) is 11.0 Å². The molecule has 0 amide bonds. The molecule has 1 N–H and O–H groups in total. The second-order valence-corrected chi connectivity index (χ2v) is 5.82. The number of nitrogens with one attached hydrogen (secondary N) is 1. The average Bonchev–Trinajstić information content (AvgIpc) is 2.88. The molecule has 1 aliphatic rings. The Bertz CT molecular complexity index is 569. The Kier molecular flexibility index (Phi) is 4.08. The monoisotopic (exact) mass is 273 g/mol. The van der Waals surface area contributed by atoms with Crippen LogP contribution in [0.15, 0.2) is 28.7 Å². The molecule has 20 heavy (non-hydrogen) atoms. The third kappa shape index (κ3) is 2.89. The highest BCUT2D eigenvalue weighted by molar-refractivity contribution is 5.78. The fourth-order valence-electron chi connectivity index (χ4n) is 3.05. The van der Waals surface area contributed by atoms with Gasteiger partial charge in [0.05, 0.1) is 6.04 Å². The van der Waals surface area contributed by atoms with Gasteiger partial charge in [0, 0.05) is 18.6 Å². The minimum Gasteiger partial charge on any atom is -0.459 e. The van der Waals surface area contributed by atoms with Gasteiger partial charge in [-0.15, -0.1) is 0 Å². The number of ether oxygens (including phenoxy) is 1. The molecule has 3 nitrogen and oxygen atoms in total. The van der Waals surface area contributed by atoms with Crippen LogP contribution >= 0.6 is 0 Å². The zero-order chi connectivity index (χ0) is 13.9. The molecule has 0 spiro atoms. The third-order valence-corrected chi connectivity index (χ3v) is 4.29. The van der Waals surface area contributed by atoms with E-state index in [-0.39, 0.29) is 0 Å². The van der Waals surface area contributed by atoms with Crippen LogP contribution in [0.1, 0.15) is 36.6 Å². The first-order chi connectivity index (χ1) is 9.76. The summed E-state index contributed by atoms with van der Waals surface area (Å²) in [5, 5.41) is 4.61. The fourth-order valence-corrected chi connectivity index (χ4v) is 3.05. The van der Waals surface area contributed by atoms with Crippen molar-refractivity contribution in [3.05, 3.63) is 35.6 Å². The van der Waals surface area contributed by atoms with Crippen molar-refractivity contribution in [3.8, 4) is 0 Å². The molecule has 1 fully saturated rings. The summed E-state index contributed by atoms with van der Waals surface area (Å²) in [4.78, 5) is 0. The first-order valence-electron chi connectivity index (χ1n) is 7.51. The van der Waals surface area contributed by atoms with Crippen LogP contribution in [0, 0.1) is 12.8 Å². The van der Waals surface area contributed by atoms with E-state index in [1.54, 1.807) is 0 Å². The van der Waals surface area contributed by atoms with E-state index in [1.165, 1.54) is 10.9 Å². The van der Waals surface area contributed by atoms with Gasteiger partial charge in [-0.25, -0.2) is 0 Å². The van der Waals surface area contributed by atoms with Crippen LogP contribution in [-0.2, 0) is 4.74 Å². The maximum atomic E-state index is 6.02. The Balaban J connectivity index is 1.79. The van der Waals surface area contributed by atoms with E-state index in [2.05, 4.69) is 36.5 Å². The van der Waals surface area contributed by atoms with Crippen LogP contribution in [0.5, 0.6) is 0 Å². The van der Waals surface area contributed by atoms with E-state index in [9.17, 15) is 0 Å². The topological polar surface area (TPSA) is 34.4 Å². The second-order valence-electron chi connectivity index (χ2n) is 5.82. The van der Waals surface area contributed by atoms with E-state index in [4.69, 9.17) is 9.15 Å². The number of aryl methyl sites for hydroxylation is 1. The van der Waals surface area contributed by atoms with Gasteiger partial charge in [-0.3, -0.25) is 0 Å². The van der Waals surface area contributed by atoms with Crippen molar-refractivity contribution in [2.75, 3.05) is 20.3 Å². The molecule has 1 aliphatic heterocycles. The lowest BCUT2D eigenvalue weighted by Crippen LogP contribution is -2.23. The van der Waals surface area contributed by atoms with Crippen LogP contribution in [0.4, 0.5) is 0 Å². The normalized spacial score (nSPS) is 18.5. The molecule has 1 saturated heterocycles. The number of hydrogen-bond donors (Lipinski definition) is 1. The van der Waals surface area contributed by atoms with Gasteiger partial charge in [0.15, 0.2) is 0 Å². The summed E-state index contributed by atoms with van der Waals surface area (Å²) in [7, 11) is 2.02. The smallest absolute Gasteiger partial charge is 0.134 e. The second kappa shape index (κ2) is 5.98. The van der Waals surface area contributed by atoms with Crippen molar-refractivity contribution < 1.29 is 9.15 Å². The van der Waals surface area contributed by atoms with Gasteiger partial charge < -0.3 is 14.5 Å². The molecule has 3 heteroatoms. The molecule has 2 heterocycles. The highest BCUT2D eigenvalue weighted by Crippen LogP contribution is 2.31. The molecule has 3 rings (SSSR count). The lowest BCUT2D eigenvalue weighted by molar-refractivity contribution is 0.0600. The molecular formula is C17H23NO2. The average molecular weight is 273 g/mol. The Labute approximate surface area is 120 Å². The number of furan rings is 1. The van der Waals surface area contributed by atoms with Gasteiger partial charge in [-0.05, 0) is 57.4 Å². The highest BCUT2D eigenvalue weighted by atomic mass is 16.5. The van der Waals surface area contributed by atoms with Gasteiger partial charge in [-0.1, -0.05) is 11.6 Å². The first-order valence-corrected chi connectivity index (χ1v) is 7.51. The summed E-state index contributed by atoms with van der Waals surface area (Å²) in [6.45, 7) is 3.92. The maximum absolute atomic E-state index is 6.02. The van der Waals surface area contributed by atoms with Gasteiger partial charge in [0.25, 0.3) is 0 Å². The van der Waals surface area contributed by atoms with Gasteiger partial charge in [0.1, 0.15) is 11.3 Å². The molecule has 1 unspecified atom stereocenters. The maximum Gasteiger partial charge on any atom is 0.134 e. The fraction of sp³-hybridized carbons (Fsp3) is 0.529. The quantitative estimate of drug-likeness (QED) is 0.919. The number of fused-ring (bicyclic) bond motifs is 1. The number of benzene rings is 1. The van der Waals surface area contributed by atoms with Gasteiger partial charge >= 0.3 is 0 Å². The summed E-state index contributed by atoms with van der Waals surface area (Å²) in [5.41, 5.74) is 2.26. The summed E-state index contributed by atoms with van der Waals surface area (Å²) in [6.07, 6.45) is 3.45. The van der Waals surface area contributed by atoms with Crippen molar-refractivity contribution in [1.29, 1.82) is 0 Å². The SMILES string of the molecule is CNC(CC1CCOCC1)c1cc2cc(C)ccc2o1. The van der Waals surface area contributed by atoms with Crippen LogP contribution in [-0.4, -0.2) is 20.3 Å². The van der Waals surface area contributed by atoms with Crippen molar-refractivity contribution in [1.82, 2.24) is 5.32 Å². The third-order valence-electron chi connectivity index (χ3n) is 4.29. The summed E-state index contributed by atoms with van der Waals surface area (Å²) in [6, 6.07) is 8.83. The summed E-state index contributed by atoms with van der Waals surface area (Å²) < 4.78 is 11.5. The van der Waals surface area contributed by atoms with Crippen molar-refractivity contribution in [2.45, 2.75) is 32.2 Å². The molecule has 0 bridgehead atoms. The highest BCUT2D eigenvalue weighted by Gasteiger charge is 2.22. The van der Waals surface area contributed by atoms with Crippen LogP contribution < -0.4 is 5.32 Å².